The number of nitrogens with zero attached hydrogens (tertiary/aromatic N) is 2. The van der Waals surface area contributed by atoms with E-state index in [1.807, 2.05) is 37.1 Å². The van der Waals surface area contributed by atoms with E-state index in [0.29, 0.717) is 6.04 Å². The number of nitrogens with one attached hydrogen (secondary N) is 2. The van der Waals surface area contributed by atoms with Gasteiger partial charge in [-0.2, -0.15) is 0 Å². The smallest absolute Gasteiger partial charge is 0.242 e. The molecule has 0 saturated heterocycles. The zero-order chi connectivity index (χ0) is 15.1. The molecule has 1 saturated carbocycles. The molecule has 0 heterocycles. The van der Waals surface area contributed by atoms with Crippen LogP contribution in [0.15, 0.2) is 35.3 Å². The predicted molar refractivity (Wildman–Crippen MR) is 85.1 cm³/mol. The second-order valence-electron chi connectivity index (χ2n) is 5.35. The van der Waals surface area contributed by atoms with Crippen molar-refractivity contribution in [3.63, 3.8) is 0 Å². The lowest BCUT2D eigenvalue weighted by Gasteiger charge is -2.22. The maximum Gasteiger partial charge on any atom is 0.242 e. The van der Waals surface area contributed by atoms with Crippen LogP contribution in [-0.4, -0.2) is 42.9 Å². The molecule has 1 aliphatic rings. The van der Waals surface area contributed by atoms with Gasteiger partial charge >= 0.3 is 0 Å². The first-order valence-corrected chi connectivity index (χ1v) is 7.51. The third-order valence-electron chi connectivity index (χ3n) is 3.27. The number of carbonyl (C=O) groups excluding carboxylic acids is 1. The second kappa shape index (κ2) is 7.67. The molecule has 2 rings (SSSR count). The summed E-state index contributed by atoms with van der Waals surface area (Å²) in [4.78, 5) is 18.2. The Bertz CT molecular complexity index is 482. The van der Waals surface area contributed by atoms with Gasteiger partial charge in [0.05, 0.1) is 0 Å². The Labute approximate surface area is 126 Å². The van der Waals surface area contributed by atoms with Crippen LogP contribution in [-0.2, 0) is 11.3 Å². The molecule has 2 N–H and O–H groups in total. The highest BCUT2D eigenvalue weighted by atomic mass is 16.2. The lowest BCUT2D eigenvalue weighted by molar-refractivity contribution is -0.119. The summed E-state index contributed by atoms with van der Waals surface area (Å²) in [6.07, 6.45) is 2.20. The highest BCUT2D eigenvalue weighted by Gasteiger charge is 2.22. The highest BCUT2D eigenvalue weighted by Crippen LogP contribution is 2.18. The van der Waals surface area contributed by atoms with Gasteiger partial charge < -0.3 is 15.5 Å². The normalized spacial score (nSPS) is 14.7. The minimum absolute atomic E-state index is 0.000939. The first-order valence-electron chi connectivity index (χ1n) is 7.51. The maximum absolute atomic E-state index is 11.7. The Morgan fingerprint density at radius 2 is 2.05 bits per heavy atom. The molecular formula is C16H24N4O. The van der Waals surface area contributed by atoms with Gasteiger partial charge in [0.25, 0.3) is 0 Å². The Morgan fingerprint density at radius 3 is 2.67 bits per heavy atom. The van der Waals surface area contributed by atoms with E-state index in [2.05, 4.69) is 27.8 Å². The monoisotopic (exact) mass is 288 g/mol. The van der Waals surface area contributed by atoms with E-state index in [4.69, 9.17) is 0 Å². The summed E-state index contributed by atoms with van der Waals surface area (Å²) in [6, 6.07) is 10.6. The molecule has 0 aromatic heterocycles. The molecule has 0 aliphatic heterocycles. The highest BCUT2D eigenvalue weighted by molar-refractivity contribution is 5.85. The fraction of sp³-hybridized carbons (Fsp3) is 0.500. The summed E-state index contributed by atoms with van der Waals surface area (Å²) >= 11 is 0. The van der Waals surface area contributed by atoms with Crippen LogP contribution < -0.4 is 10.6 Å². The van der Waals surface area contributed by atoms with Crippen molar-refractivity contribution < 1.29 is 4.79 Å². The average molecular weight is 288 g/mol. The Hall–Kier alpha value is -2.04. The molecule has 0 bridgehead atoms. The summed E-state index contributed by atoms with van der Waals surface area (Å²) in [7, 11) is 1.98. The molecule has 0 radical (unpaired) electrons. The van der Waals surface area contributed by atoms with Gasteiger partial charge in [0.1, 0.15) is 6.54 Å². The van der Waals surface area contributed by atoms with Crippen LogP contribution in [0, 0.1) is 0 Å². The molecule has 1 amide bonds. The first-order chi connectivity index (χ1) is 10.2. The van der Waals surface area contributed by atoms with Gasteiger partial charge in [0.15, 0.2) is 5.96 Å². The van der Waals surface area contributed by atoms with E-state index in [0.717, 1.165) is 31.9 Å². The van der Waals surface area contributed by atoms with Gasteiger partial charge in [0.2, 0.25) is 5.91 Å². The molecule has 1 aliphatic carbocycles. The van der Waals surface area contributed by atoms with Crippen molar-refractivity contribution in [2.75, 3.05) is 20.1 Å². The van der Waals surface area contributed by atoms with E-state index < -0.39 is 0 Å². The molecule has 0 atom stereocenters. The number of carbonyl (C=O) groups is 1. The lowest BCUT2D eigenvalue weighted by atomic mass is 10.2. The van der Waals surface area contributed by atoms with Crippen molar-refractivity contribution in [3.05, 3.63) is 35.9 Å². The molecule has 1 aromatic rings. The number of guanidine groups is 1. The van der Waals surface area contributed by atoms with Gasteiger partial charge in [-0.05, 0) is 25.3 Å². The zero-order valence-corrected chi connectivity index (χ0v) is 12.8. The first kappa shape index (κ1) is 15.4. The van der Waals surface area contributed by atoms with E-state index in [1.165, 1.54) is 5.56 Å². The van der Waals surface area contributed by atoms with Crippen LogP contribution >= 0.6 is 0 Å². The molecule has 5 nitrogen and oxygen atoms in total. The molecule has 1 aromatic carbocycles. The number of amides is 1. The number of benzene rings is 1. The van der Waals surface area contributed by atoms with Crippen molar-refractivity contribution in [2.45, 2.75) is 32.4 Å². The topological polar surface area (TPSA) is 56.7 Å². The summed E-state index contributed by atoms with van der Waals surface area (Å²) in [5.41, 5.74) is 1.22. The molecule has 1 fully saturated rings. The van der Waals surface area contributed by atoms with Gasteiger partial charge in [-0.15, -0.1) is 0 Å². The van der Waals surface area contributed by atoms with E-state index in [1.54, 1.807) is 0 Å². The zero-order valence-electron chi connectivity index (χ0n) is 12.8. The second-order valence-corrected chi connectivity index (χ2v) is 5.35. The fourth-order valence-electron chi connectivity index (χ4n) is 2.05. The van der Waals surface area contributed by atoms with Crippen molar-refractivity contribution in [1.82, 2.24) is 15.5 Å². The van der Waals surface area contributed by atoms with Crippen molar-refractivity contribution in [2.24, 2.45) is 4.99 Å². The predicted octanol–water partition coefficient (Wildman–Crippen LogP) is 1.36. The Morgan fingerprint density at radius 1 is 1.33 bits per heavy atom. The third-order valence-corrected chi connectivity index (χ3v) is 3.27. The maximum atomic E-state index is 11.7. The standard InChI is InChI=1S/C16H24N4O/c1-3-17-16(18-11-15(21)19-14-9-10-14)20(2)12-13-7-5-4-6-8-13/h4-8,14H,3,9-12H2,1-2H3,(H,17,18)(H,19,21). The number of hydrogen-bond acceptors (Lipinski definition) is 2. The fourth-order valence-corrected chi connectivity index (χ4v) is 2.05. The van der Waals surface area contributed by atoms with Crippen LogP contribution in [0.3, 0.4) is 0 Å². The van der Waals surface area contributed by atoms with Crippen LogP contribution in [0.5, 0.6) is 0 Å². The molecular weight excluding hydrogens is 264 g/mol. The summed E-state index contributed by atoms with van der Waals surface area (Å²) in [5.74, 6) is 0.758. The molecule has 0 spiro atoms. The molecule has 5 heteroatoms. The van der Waals surface area contributed by atoms with E-state index in [-0.39, 0.29) is 12.5 Å². The van der Waals surface area contributed by atoms with Gasteiger partial charge in [-0.3, -0.25) is 4.79 Å². The van der Waals surface area contributed by atoms with Crippen LogP contribution in [0.25, 0.3) is 0 Å². The third kappa shape index (κ3) is 5.45. The summed E-state index contributed by atoms with van der Waals surface area (Å²) in [6.45, 7) is 3.74. The number of rotatable bonds is 6. The van der Waals surface area contributed by atoms with Crippen molar-refractivity contribution >= 4 is 11.9 Å². The van der Waals surface area contributed by atoms with Gasteiger partial charge in [0, 0.05) is 26.2 Å². The Balaban J connectivity index is 1.90. The number of hydrogen-bond donors (Lipinski definition) is 2. The SMILES string of the molecule is CCNC(=NCC(=O)NC1CC1)N(C)Cc1ccccc1. The largest absolute Gasteiger partial charge is 0.357 e. The van der Waals surface area contributed by atoms with Crippen LogP contribution in [0.4, 0.5) is 0 Å². The van der Waals surface area contributed by atoms with Gasteiger partial charge in [-0.25, -0.2) is 4.99 Å². The lowest BCUT2D eigenvalue weighted by Crippen LogP contribution is -2.39. The summed E-state index contributed by atoms with van der Waals surface area (Å²) in [5, 5.41) is 6.17. The minimum Gasteiger partial charge on any atom is -0.357 e. The average Bonchev–Trinajstić information content (AvgIpc) is 3.28. The molecule has 21 heavy (non-hydrogen) atoms. The van der Waals surface area contributed by atoms with Crippen molar-refractivity contribution in [1.29, 1.82) is 0 Å². The van der Waals surface area contributed by atoms with Crippen LogP contribution in [0.2, 0.25) is 0 Å². The Kier molecular flexibility index (Phi) is 5.60. The molecule has 114 valence electrons. The summed E-state index contributed by atoms with van der Waals surface area (Å²) < 4.78 is 0. The molecule has 0 unspecified atom stereocenters. The van der Waals surface area contributed by atoms with Crippen LogP contribution in [0.1, 0.15) is 25.3 Å². The van der Waals surface area contributed by atoms with Crippen molar-refractivity contribution in [3.8, 4) is 0 Å². The minimum atomic E-state index is 0.000939. The number of aliphatic imine (C=N–C) groups is 1. The van der Waals surface area contributed by atoms with Gasteiger partial charge in [-0.1, -0.05) is 30.3 Å². The van der Waals surface area contributed by atoms with E-state index >= 15 is 0 Å². The quantitative estimate of drug-likeness (QED) is 0.614. The van der Waals surface area contributed by atoms with E-state index in [9.17, 15) is 4.79 Å².